The van der Waals surface area contributed by atoms with Gasteiger partial charge in [-0.15, -0.1) is 0 Å². The van der Waals surface area contributed by atoms with Gasteiger partial charge in [-0.3, -0.25) is 4.79 Å². The van der Waals surface area contributed by atoms with Crippen molar-refractivity contribution in [3.63, 3.8) is 0 Å². The van der Waals surface area contributed by atoms with E-state index in [-0.39, 0.29) is 28.6 Å². The molecule has 0 aromatic carbocycles. The van der Waals surface area contributed by atoms with Crippen molar-refractivity contribution in [2.24, 2.45) is 0 Å². The van der Waals surface area contributed by atoms with E-state index in [4.69, 9.17) is 0 Å². The molecule has 0 aliphatic heterocycles. The number of hydrogen-bond acceptors (Lipinski definition) is 1. The van der Waals surface area contributed by atoms with E-state index >= 15 is 0 Å². The lowest BCUT2D eigenvalue weighted by Crippen LogP contribution is -1.78. The van der Waals surface area contributed by atoms with Gasteiger partial charge in [0.1, 0.15) is 0 Å². The first-order valence-corrected chi connectivity index (χ1v) is 5.20. The number of carbonyl (C=O) groups is 1. The molecule has 0 fully saturated rings. The van der Waals surface area contributed by atoms with Crippen molar-refractivity contribution in [3.05, 3.63) is 0 Å². The second-order valence-corrected chi connectivity index (χ2v) is 2.68. The lowest BCUT2D eigenvalue weighted by Gasteiger charge is -1.62. The van der Waals surface area contributed by atoms with Gasteiger partial charge >= 0.3 is 0 Å². The summed E-state index contributed by atoms with van der Waals surface area (Å²) in [6.07, 6.45) is 0. The smallest absolute Gasteiger partial charge is 0.203 e. The zero-order chi connectivity index (χ0) is 14.9. The molecule has 0 N–H and O–H groups in total. The van der Waals surface area contributed by atoms with Crippen molar-refractivity contribution >= 4 is 5.78 Å². The summed E-state index contributed by atoms with van der Waals surface area (Å²) in [5.41, 5.74) is 0. The SMILES string of the molecule is CC#CC#CC#CC#CC#CC#CC#CC#CC(C)=O.[HH].[HH].[HH].[HH].[HH].[HH].[HH].[HH].[HH].[HH].[HH].[HH].[HH].[HH].[HH].[HH]. The van der Waals surface area contributed by atoms with Crippen LogP contribution in [0, 0.1) is 94.7 Å². The van der Waals surface area contributed by atoms with Crippen LogP contribution in [0.15, 0.2) is 0 Å². The molecule has 0 saturated heterocycles. The molecule has 120 valence electrons. The minimum absolute atomic E-state index is 0. The summed E-state index contributed by atoms with van der Waals surface area (Å²) in [5.74, 6) is 39.2. The monoisotopic (exact) mass is 282 g/mol. The Morgan fingerprint density at radius 2 is 0.900 bits per heavy atom. The van der Waals surface area contributed by atoms with E-state index in [0.29, 0.717) is 0 Å². The van der Waals surface area contributed by atoms with E-state index in [1.54, 1.807) is 6.92 Å². The van der Waals surface area contributed by atoms with E-state index in [2.05, 4.69) is 94.7 Å². The summed E-state index contributed by atoms with van der Waals surface area (Å²) in [4.78, 5) is 10.4. The number of hydrogen-bond donors (Lipinski definition) is 0. The van der Waals surface area contributed by atoms with E-state index in [1.165, 1.54) is 6.92 Å². The molecule has 0 aromatic rings. The minimum Gasteiger partial charge on any atom is -0.285 e. The molecule has 0 spiro atoms. The fourth-order valence-electron chi connectivity index (χ4n) is 0.557. The van der Waals surface area contributed by atoms with E-state index < -0.39 is 0 Å². The Kier molecular flexibility index (Phi) is 10.7. The van der Waals surface area contributed by atoms with Gasteiger partial charge in [-0.25, -0.2) is 0 Å². The van der Waals surface area contributed by atoms with Crippen molar-refractivity contribution in [2.45, 2.75) is 13.8 Å². The maximum atomic E-state index is 10.4. The van der Waals surface area contributed by atoms with Gasteiger partial charge in [0.2, 0.25) is 5.78 Å². The Morgan fingerprint density at radius 1 is 0.600 bits per heavy atom. The Bertz CT molecular complexity index is 904. The fraction of sp³-hybridized carbons (Fsp3) is 0.105. The van der Waals surface area contributed by atoms with Crippen LogP contribution in [0.2, 0.25) is 0 Å². The zero-order valence-electron chi connectivity index (χ0n) is 10.9. The summed E-state index contributed by atoms with van der Waals surface area (Å²) in [6.45, 7) is 3.05. The van der Waals surface area contributed by atoms with Gasteiger partial charge in [-0.05, 0) is 95.7 Å². The highest BCUT2D eigenvalue weighted by atomic mass is 16.1. The van der Waals surface area contributed by atoms with Gasteiger partial charge in [-0.2, -0.15) is 0 Å². The van der Waals surface area contributed by atoms with Crippen LogP contribution in [0.3, 0.4) is 0 Å². The molecular weight excluding hydrogens is 244 g/mol. The van der Waals surface area contributed by atoms with Crippen molar-refractivity contribution in [1.82, 2.24) is 0 Å². The molecule has 0 atom stereocenters. The quantitative estimate of drug-likeness (QED) is 0.470. The average molecular weight is 283 g/mol. The Morgan fingerprint density at radius 3 is 1.20 bits per heavy atom. The zero-order valence-corrected chi connectivity index (χ0v) is 10.9. The van der Waals surface area contributed by atoms with Crippen LogP contribution < -0.4 is 0 Å². The van der Waals surface area contributed by atoms with Crippen LogP contribution in [0.4, 0.5) is 0 Å². The molecule has 0 heterocycles. The van der Waals surface area contributed by atoms with E-state index in [9.17, 15) is 4.79 Å². The van der Waals surface area contributed by atoms with Crippen molar-refractivity contribution < 1.29 is 27.6 Å². The standard InChI is InChI=1S/C19H6O.16H2/c1-3-4-5-6-7-8-9-10-11-12-13-14-15-16-17-18-19(2)20;;;;;;;;;;;;;;;;/h1-2H3;16*1H. The second kappa shape index (κ2) is 13.2. The van der Waals surface area contributed by atoms with Gasteiger partial charge < -0.3 is 0 Å². The maximum absolute atomic E-state index is 10.4. The molecule has 0 saturated carbocycles. The first-order valence-electron chi connectivity index (χ1n) is 5.20. The molecule has 0 amide bonds. The maximum Gasteiger partial charge on any atom is 0.203 e. The molecule has 0 bridgehead atoms. The predicted molar refractivity (Wildman–Crippen MR) is 112 cm³/mol. The average Bonchev–Trinajstić information content (AvgIpc) is 2.43. The molecule has 0 radical (unpaired) electrons. The molecule has 0 rings (SSSR count). The Hall–Kier alpha value is -3.85. The van der Waals surface area contributed by atoms with Crippen molar-refractivity contribution in [2.75, 3.05) is 0 Å². The normalized spacial score (nSPS) is 4.50. The molecule has 20 heavy (non-hydrogen) atoms. The lowest BCUT2D eigenvalue weighted by atomic mass is 10.4. The molecule has 1 heteroatoms. The summed E-state index contributed by atoms with van der Waals surface area (Å²) in [6, 6.07) is 0. The van der Waals surface area contributed by atoms with Crippen LogP contribution in [0.1, 0.15) is 36.7 Å². The summed E-state index contributed by atoms with van der Waals surface area (Å²) in [7, 11) is 0. The van der Waals surface area contributed by atoms with Crippen LogP contribution in [-0.2, 0) is 4.79 Å². The van der Waals surface area contributed by atoms with Crippen LogP contribution in [0.5, 0.6) is 0 Å². The summed E-state index contributed by atoms with van der Waals surface area (Å²) < 4.78 is 0. The van der Waals surface area contributed by atoms with Crippen LogP contribution in [0.25, 0.3) is 0 Å². The minimum atomic E-state index is -0.241. The topological polar surface area (TPSA) is 17.1 Å². The number of ketones is 1. The third kappa shape index (κ3) is 14.1. The number of rotatable bonds is 0. The molecular formula is C19H38O. The summed E-state index contributed by atoms with van der Waals surface area (Å²) in [5, 5.41) is 0. The Balaban J connectivity index is -0.0000000150. The predicted octanol–water partition coefficient (Wildman–Crippen LogP) is 4.56. The van der Waals surface area contributed by atoms with Gasteiger partial charge in [0.05, 0.1) is 0 Å². The highest BCUT2D eigenvalue weighted by Crippen LogP contribution is 1.61. The number of carbonyl (C=O) groups excluding carboxylic acids is 1. The van der Waals surface area contributed by atoms with Crippen LogP contribution >= 0.6 is 0 Å². The summed E-state index contributed by atoms with van der Waals surface area (Å²) >= 11 is 0. The largest absolute Gasteiger partial charge is 0.285 e. The highest BCUT2D eigenvalue weighted by Gasteiger charge is 1.74. The number of Topliss-reactive ketones (excluding diaryl/α,β-unsaturated/α-hetero) is 1. The Labute approximate surface area is 143 Å². The first kappa shape index (κ1) is 16.1. The second-order valence-electron chi connectivity index (χ2n) is 2.68. The molecule has 0 unspecified atom stereocenters. The fourth-order valence-corrected chi connectivity index (χ4v) is 0.557. The van der Waals surface area contributed by atoms with Crippen molar-refractivity contribution in [1.29, 1.82) is 0 Å². The van der Waals surface area contributed by atoms with Gasteiger partial charge in [-0.1, -0.05) is 5.92 Å². The molecule has 0 aromatic heterocycles. The third-order valence-electron chi connectivity index (χ3n) is 1.18. The van der Waals surface area contributed by atoms with E-state index in [1.807, 2.05) is 0 Å². The first-order chi connectivity index (χ1) is 9.77. The molecule has 0 aliphatic rings. The third-order valence-corrected chi connectivity index (χ3v) is 1.18. The molecule has 1 nitrogen and oxygen atoms in total. The van der Waals surface area contributed by atoms with Gasteiger partial charge in [0.15, 0.2) is 0 Å². The van der Waals surface area contributed by atoms with Crippen molar-refractivity contribution in [3.8, 4) is 94.7 Å². The highest BCUT2D eigenvalue weighted by molar-refractivity contribution is 5.93. The van der Waals surface area contributed by atoms with Gasteiger partial charge in [0.25, 0.3) is 0 Å². The van der Waals surface area contributed by atoms with E-state index in [0.717, 1.165) is 0 Å². The van der Waals surface area contributed by atoms with Crippen LogP contribution in [-0.4, -0.2) is 5.78 Å². The van der Waals surface area contributed by atoms with Gasteiger partial charge in [0, 0.05) is 29.7 Å². The molecule has 0 aliphatic carbocycles. The lowest BCUT2D eigenvalue weighted by molar-refractivity contribution is -0.111.